The highest BCUT2D eigenvalue weighted by Crippen LogP contribution is 2.17. The molecule has 0 bridgehead atoms. The Bertz CT molecular complexity index is 1480. The second-order valence-corrected chi connectivity index (χ2v) is 12.4. The van der Waals surface area contributed by atoms with Crippen LogP contribution in [-0.4, -0.2) is 28.0 Å². The maximum Gasteiger partial charge on any atom is 0.225 e. The molecule has 0 saturated heterocycles. The molecular weight excluding hydrogens is 468 g/mol. The zero-order valence-corrected chi connectivity index (χ0v) is 21.1. The van der Waals surface area contributed by atoms with Crippen LogP contribution >= 0.6 is 0 Å². The standard InChI is InChI=1S/C32H24N4Si/c1-5-13-25(14-6-1)29-23-33-24-31(35-29)37(27-17-9-3-10-18-27,28-19-11-4-12-20-28)30-21-22-34-32(36-30)26-15-7-2-8-16-26/h1-24H. The summed E-state index contributed by atoms with van der Waals surface area (Å²) in [5.74, 6) is 0.703. The van der Waals surface area contributed by atoms with E-state index in [0.29, 0.717) is 5.82 Å². The van der Waals surface area contributed by atoms with Gasteiger partial charge in [0.25, 0.3) is 0 Å². The summed E-state index contributed by atoms with van der Waals surface area (Å²) in [6.45, 7) is 0. The van der Waals surface area contributed by atoms with Gasteiger partial charge in [-0.15, -0.1) is 0 Å². The molecule has 0 aliphatic rings. The van der Waals surface area contributed by atoms with E-state index in [9.17, 15) is 0 Å². The third-order valence-corrected chi connectivity index (χ3v) is 11.0. The monoisotopic (exact) mass is 492 g/mol. The Morgan fingerprint density at radius 3 is 1.59 bits per heavy atom. The fourth-order valence-corrected chi connectivity index (χ4v) is 9.17. The van der Waals surface area contributed by atoms with Gasteiger partial charge in [-0.2, -0.15) is 0 Å². The van der Waals surface area contributed by atoms with Crippen LogP contribution in [0.5, 0.6) is 0 Å². The van der Waals surface area contributed by atoms with Crippen molar-refractivity contribution in [2.45, 2.75) is 0 Å². The van der Waals surface area contributed by atoms with Crippen LogP contribution in [0.2, 0.25) is 0 Å². The summed E-state index contributed by atoms with van der Waals surface area (Å²) < 4.78 is 0. The first-order valence-corrected chi connectivity index (χ1v) is 14.2. The van der Waals surface area contributed by atoms with E-state index in [4.69, 9.17) is 15.0 Å². The highest BCUT2D eigenvalue weighted by atomic mass is 28.3. The van der Waals surface area contributed by atoms with Gasteiger partial charge in [-0.25, -0.2) is 9.97 Å². The predicted molar refractivity (Wildman–Crippen MR) is 152 cm³/mol. The van der Waals surface area contributed by atoms with Crippen LogP contribution in [0.3, 0.4) is 0 Å². The smallest absolute Gasteiger partial charge is 0.225 e. The Hall–Kier alpha value is -4.74. The minimum Gasteiger partial charge on any atom is -0.261 e. The van der Waals surface area contributed by atoms with Gasteiger partial charge >= 0.3 is 0 Å². The molecule has 0 radical (unpaired) electrons. The van der Waals surface area contributed by atoms with Gasteiger partial charge in [-0.3, -0.25) is 9.97 Å². The van der Waals surface area contributed by atoms with Crippen molar-refractivity contribution in [2.24, 2.45) is 0 Å². The number of nitrogens with zero attached hydrogens (tertiary/aromatic N) is 4. The van der Waals surface area contributed by atoms with E-state index in [0.717, 1.165) is 27.5 Å². The maximum absolute atomic E-state index is 5.29. The molecule has 6 rings (SSSR count). The van der Waals surface area contributed by atoms with E-state index in [-0.39, 0.29) is 0 Å². The molecule has 0 amide bonds. The fourth-order valence-electron chi connectivity index (χ4n) is 4.85. The summed E-state index contributed by atoms with van der Waals surface area (Å²) in [5.41, 5.74) is 2.87. The van der Waals surface area contributed by atoms with Crippen LogP contribution in [0.25, 0.3) is 22.6 Å². The summed E-state index contributed by atoms with van der Waals surface area (Å²) in [4.78, 5) is 19.9. The van der Waals surface area contributed by atoms with E-state index in [2.05, 4.69) is 83.8 Å². The van der Waals surface area contributed by atoms with E-state index in [1.807, 2.05) is 67.1 Å². The Kier molecular flexibility index (Phi) is 6.19. The number of benzene rings is 4. The minimum atomic E-state index is -2.95. The molecule has 0 spiro atoms. The molecule has 6 aromatic rings. The van der Waals surface area contributed by atoms with Crippen molar-refractivity contribution in [1.82, 2.24) is 19.9 Å². The molecule has 176 valence electrons. The zero-order chi connectivity index (χ0) is 24.9. The predicted octanol–water partition coefficient (Wildman–Crippen LogP) is 3.98. The van der Waals surface area contributed by atoms with Crippen LogP contribution in [0.4, 0.5) is 0 Å². The third kappa shape index (κ3) is 4.26. The summed E-state index contributed by atoms with van der Waals surface area (Å²) in [6, 6.07) is 43.6. The normalized spacial score (nSPS) is 11.2. The van der Waals surface area contributed by atoms with Gasteiger partial charge < -0.3 is 0 Å². The average Bonchev–Trinajstić information content (AvgIpc) is 3.00. The lowest BCUT2D eigenvalue weighted by atomic mass is 10.2. The first kappa shape index (κ1) is 22.7. The van der Waals surface area contributed by atoms with Gasteiger partial charge in [0, 0.05) is 28.8 Å². The lowest BCUT2D eigenvalue weighted by Crippen LogP contribution is -2.76. The van der Waals surface area contributed by atoms with Crippen LogP contribution in [0.1, 0.15) is 0 Å². The number of hydrogen-bond donors (Lipinski definition) is 0. The number of rotatable bonds is 6. The molecule has 4 nitrogen and oxygen atoms in total. The Morgan fingerprint density at radius 2 is 1.00 bits per heavy atom. The van der Waals surface area contributed by atoms with Crippen LogP contribution < -0.4 is 21.0 Å². The van der Waals surface area contributed by atoms with Crippen LogP contribution in [0.15, 0.2) is 146 Å². The number of aromatic nitrogens is 4. The molecule has 2 heterocycles. The molecule has 4 aromatic carbocycles. The van der Waals surface area contributed by atoms with Crippen molar-refractivity contribution in [2.75, 3.05) is 0 Å². The van der Waals surface area contributed by atoms with E-state index < -0.39 is 8.07 Å². The molecule has 0 aliphatic carbocycles. The van der Waals surface area contributed by atoms with Crippen molar-refractivity contribution in [3.8, 4) is 22.6 Å². The molecule has 37 heavy (non-hydrogen) atoms. The first-order valence-electron chi connectivity index (χ1n) is 12.2. The maximum atomic E-state index is 5.29. The molecule has 0 unspecified atom stereocenters. The largest absolute Gasteiger partial charge is 0.261 e. The van der Waals surface area contributed by atoms with Crippen LogP contribution in [-0.2, 0) is 0 Å². The fraction of sp³-hybridized carbons (Fsp3) is 0. The first-order chi connectivity index (χ1) is 18.4. The van der Waals surface area contributed by atoms with Crippen LogP contribution in [0, 0.1) is 0 Å². The van der Waals surface area contributed by atoms with Gasteiger partial charge in [0.15, 0.2) is 5.82 Å². The second kappa shape index (κ2) is 10.1. The van der Waals surface area contributed by atoms with Gasteiger partial charge in [0.05, 0.1) is 17.2 Å². The van der Waals surface area contributed by atoms with Crippen molar-refractivity contribution in [3.05, 3.63) is 146 Å². The van der Waals surface area contributed by atoms with E-state index in [1.165, 1.54) is 10.4 Å². The Labute approximate surface area is 217 Å². The molecule has 0 atom stereocenters. The summed E-state index contributed by atoms with van der Waals surface area (Å²) in [5, 5.41) is 4.29. The summed E-state index contributed by atoms with van der Waals surface area (Å²) >= 11 is 0. The van der Waals surface area contributed by atoms with Crippen molar-refractivity contribution >= 4 is 29.1 Å². The van der Waals surface area contributed by atoms with Crippen molar-refractivity contribution in [3.63, 3.8) is 0 Å². The van der Waals surface area contributed by atoms with Crippen molar-refractivity contribution < 1.29 is 0 Å². The Morgan fingerprint density at radius 1 is 0.459 bits per heavy atom. The highest BCUT2D eigenvalue weighted by Gasteiger charge is 2.45. The quantitative estimate of drug-likeness (QED) is 0.330. The van der Waals surface area contributed by atoms with E-state index >= 15 is 0 Å². The summed E-state index contributed by atoms with van der Waals surface area (Å²) in [6.07, 6.45) is 5.62. The molecule has 0 fully saturated rings. The highest BCUT2D eigenvalue weighted by molar-refractivity contribution is 7.19. The van der Waals surface area contributed by atoms with Gasteiger partial charge in [0.1, 0.15) is 0 Å². The molecule has 2 aromatic heterocycles. The lowest BCUT2D eigenvalue weighted by molar-refractivity contribution is 1.19. The number of hydrogen-bond acceptors (Lipinski definition) is 4. The van der Waals surface area contributed by atoms with Gasteiger partial charge in [0.2, 0.25) is 8.07 Å². The SMILES string of the molecule is c1ccc(-c2cncc([Si](c3ccccc3)(c3ccccc3)c3ccnc(-c4ccccc4)n3)n2)cc1. The lowest BCUT2D eigenvalue weighted by Gasteiger charge is -2.32. The summed E-state index contributed by atoms with van der Waals surface area (Å²) in [7, 11) is -2.95. The molecule has 0 saturated carbocycles. The van der Waals surface area contributed by atoms with Gasteiger partial charge in [-0.1, -0.05) is 121 Å². The molecule has 5 heteroatoms. The topological polar surface area (TPSA) is 51.6 Å². The minimum absolute atomic E-state index is 0.703. The van der Waals surface area contributed by atoms with Crippen molar-refractivity contribution in [1.29, 1.82) is 0 Å². The molecule has 0 aliphatic heterocycles. The third-order valence-electron chi connectivity index (χ3n) is 6.57. The van der Waals surface area contributed by atoms with E-state index in [1.54, 1.807) is 0 Å². The second-order valence-electron chi connectivity index (χ2n) is 8.77. The molecule has 0 N–H and O–H groups in total. The zero-order valence-electron chi connectivity index (χ0n) is 20.1. The molecular formula is C32H24N4Si. The van der Waals surface area contributed by atoms with Gasteiger partial charge in [-0.05, 0) is 16.4 Å². The average molecular weight is 493 g/mol. The Balaban J connectivity index is 1.68.